The van der Waals surface area contributed by atoms with Gasteiger partial charge in [-0.15, -0.1) is 0 Å². The van der Waals surface area contributed by atoms with Crippen molar-refractivity contribution in [3.8, 4) is 11.8 Å². The third kappa shape index (κ3) is 7.98. The molecule has 0 saturated carbocycles. The van der Waals surface area contributed by atoms with Crippen molar-refractivity contribution in [3.63, 3.8) is 0 Å². The summed E-state index contributed by atoms with van der Waals surface area (Å²) in [5.74, 6) is 0.0595. The highest BCUT2D eigenvalue weighted by atomic mass is 16.5. The molecule has 0 bridgehead atoms. The van der Waals surface area contributed by atoms with Gasteiger partial charge in [-0.3, -0.25) is 9.59 Å². The van der Waals surface area contributed by atoms with Gasteiger partial charge in [0.05, 0.1) is 24.3 Å². The molecule has 180 valence electrons. The molecule has 7 nitrogen and oxygen atoms in total. The minimum atomic E-state index is -0.808. The van der Waals surface area contributed by atoms with Crippen molar-refractivity contribution < 1.29 is 14.3 Å². The van der Waals surface area contributed by atoms with Crippen LogP contribution in [0.1, 0.15) is 29.2 Å². The Morgan fingerprint density at radius 3 is 2.14 bits per heavy atom. The number of ether oxygens (including phenoxy) is 1. The Kier molecular flexibility index (Phi) is 9.40. The first-order chi connectivity index (χ1) is 17.0. The Bertz CT molecular complexity index is 1140. The fourth-order valence-corrected chi connectivity index (χ4v) is 3.58. The SMILES string of the molecule is CCOc1ccc(C[C@@H](N)C(=O)N[C@@H](Cc2ccccc2)C(=O)NCc2ccc(C#N)cc2)cc1. The van der Waals surface area contributed by atoms with E-state index >= 15 is 0 Å². The van der Waals surface area contributed by atoms with Gasteiger partial charge in [-0.05, 0) is 54.3 Å². The van der Waals surface area contributed by atoms with Crippen molar-refractivity contribution in [1.29, 1.82) is 5.26 Å². The van der Waals surface area contributed by atoms with Crippen molar-refractivity contribution in [1.82, 2.24) is 10.6 Å². The Morgan fingerprint density at radius 1 is 0.886 bits per heavy atom. The number of hydrogen-bond donors (Lipinski definition) is 3. The van der Waals surface area contributed by atoms with E-state index in [1.54, 1.807) is 24.3 Å². The quantitative estimate of drug-likeness (QED) is 0.398. The predicted molar refractivity (Wildman–Crippen MR) is 134 cm³/mol. The van der Waals surface area contributed by atoms with E-state index in [4.69, 9.17) is 15.7 Å². The molecule has 0 radical (unpaired) electrons. The molecule has 0 unspecified atom stereocenters. The first-order valence-electron chi connectivity index (χ1n) is 11.6. The molecule has 0 aliphatic rings. The standard InChI is InChI=1S/C28H30N4O3/c1-2-35-24-14-12-21(13-15-24)16-25(30)27(33)32-26(17-20-6-4-3-5-7-20)28(34)31-19-23-10-8-22(18-29)9-11-23/h3-15,25-26H,2,16-17,19,30H2,1H3,(H,31,34)(H,32,33)/t25-,26+/m1/s1. The van der Waals surface area contributed by atoms with Crippen LogP contribution in [-0.4, -0.2) is 30.5 Å². The van der Waals surface area contributed by atoms with Crippen LogP contribution in [0.3, 0.4) is 0 Å². The van der Waals surface area contributed by atoms with Crippen LogP contribution >= 0.6 is 0 Å². The highest BCUT2D eigenvalue weighted by Gasteiger charge is 2.24. The summed E-state index contributed by atoms with van der Waals surface area (Å²) in [6, 6.07) is 24.4. The number of nitrogens with two attached hydrogens (primary N) is 1. The Labute approximate surface area is 205 Å². The fourth-order valence-electron chi connectivity index (χ4n) is 3.58. The molecule has 0 saturated heterocycles. The van der Waals surface area contributed by atoms with E-state index in [-0.39, 0.29) is 12.5 Å². The van der Waals surface area contributed by atoms with Gasteiger partial charge in [0.25, 0.3) is 0 Å². The van der Waals surface area contributed by atoms with Crippen molar-refractivity contribution in [2.45, 2.75) is 38.4 Å². The number of nitrogens with one attached hydrogen (secondary N) is 2. The van der Waals surface area contributed by atoms with E-state index in [1.165, 1.54) is 0 Å². The average molecular weight is 471 g/mol. The van der Waals surface area contributed by atoms with Crippen LogP contribution in [-0.2, 0) is 29.0 Å². The van der Waals surface area contributed by atoms with E-state index in [9.17, 15) is 9.59 Å². The molecule has 0 spiro atoms. The van der Waals surface area contributed by atoms with Crippen LogP contribution < -0.4 is 21.1 Å². The molecule has 35 heavy (non-hydrogen) atoms. The van der Waals surface area contributed by atoms with E-state index in [0.717, 1.165) is 22.4 Å². The second-order valence-electron chi connectivity index (χ2n) is 8.17. The molecule has 0 fully saturated rings. The van der Waals surface area contributed by atoms with Crippen LogP contribution in [0.5, 0.6) is 5.75 Å². The minimum absolute atomic E-state index is 0.282. The van der Waals surface area contributed by atoms with Crippen LogP contribution in [0.4, 0.5) is 0 Å². The predicted octanol–water partition coefficient (Wildman–Crippen LogP) is 2.87. The first kappa shape index (κ1) is 25.5. The largest absolute Gasteiger partial charge is 0.494 e. The van der Waals surface area contributed by atoms with Crippen molar-refractivity contribution in [3.05, 3.63) is 101 Å². The van der Waals surface area contributed by atoms with Crippen molar-refractivity contribution in [2.24, 2.45) is 5.73 Å². The molecule has 0 aromatic heterocycles. The number of amides is 2. The Balaban J connectivity index is 1.64. The third-order valence-corrected chi connectivity index (χ3v) is 5.49. The molecule has 0 heterocycles. The molecule has 0 aliphatic carbocycles. The molecule has 7 heteroatoms. The lowest BCUT2D eigenvalue weighted by atomic mass is 10.0. The lowest BCUT2D eigenvalue weighted by Crippen LogP contribution is -2.52. The lowest BCUT2D eigenvalue weighted by Gasteiger charge is -2.21. The van der Waals surface area contributed by atoms with E-state index in [0.29, 0.717) is 25.0 Å². The molecular formula is C28H30N4O3. The maximum absolute atomic E-state index is 13.0. The molecule has 0 aliphatic heterocycles. The van der Waals surface area contributed by atoms with Crippen molar-refractivity contribution in [2.75, 3.05) is 6.61 Å². The van der Waals surface area contributed by atoms with Crippen molar-refractivity contribution >= 4 is 11.8 Å². The van der Waals surface area contributed by atoms with Gasteiger partial charge in [-0.2, -0.15) is 5.26 Å². The number of benzene rings is 3. The molecule has 3 aromatic rings. The molecule has 3 rings (SSSR count). The Morgan fingerprint density at radius 2 is 1.51 bits per heavy atom. The van der Waals surface area contributed by atoms with Gasteiger partial charge < -0.3 is 21.1 Å². The highest BCUT2D eigenvalue weighted by Crippen LogP contribution is 2.13. The average Bonchev–Trinajstić information content (AvgIpc) is 2.89. The van der Waals surface area contributed by atoms with Crippen LogP contribution in [0.15, 0.2) is 78.9 Å². The minimum Gasteiger partial charge on any atom is -0.494 e. The topological polar surface area (TPSA) is 117 Å². The summed E-state index contributed by atoms with van der Waals surface area (Å²) in [7, 11) is 0. The van der Waals surface area contributed by atoms with Gasteiger partial charge >= 0.3 is 0 Å². The summed E-state index contributed by atoms with van der Waals surface area (Å²) in [6.45, 7) is 2.78. The maximum atomic E-state index is 13.0. The molecule has 2 amide bonds. The van der Waals surface area contributed by atoms with Crippen LogP contribution in [0.25, 0.3) is 0 Å². The number of carbonyl (C=O) groups excluding carboxylic acids is 2. The highest BCUT2D eigenvalue weighted by molar-refractivity contribution is 5.90. The number of nitrogens with zero attached hydrogens (tertiary/aromatic N) is 1. The zero-order chi connectivity index (χ0) is 25.0. The number of hydrogen-bond acceptors (Lipinski definition) is 5. The number of carbonyl (C=O) groups is 2. The maximum Gasteiger partial charge on any atom is 0.243 e. The summed E-state index contributed by atoms with van der Waals surface area (Å²) in [4.78, 5) is 25.9. The fraction of sp³-hybridized carbons (Fsp3) is 0.250. The summed E-state index contributed by atoms with van der Waals surface area (Å²) in [5.41, 5.74) is 9.41. The normalized spacial score (nSPS) is 12.1. The summed E-state index contributed by atoms with van der Waals surface area (Å²) < 4.78 is 5.45. The molecule has 4 N–H and O–H groups in total. The number of nitriles is 1. The second kappa shape index (κ2) is 12.9. The number of rotatable bonds is 11. The van der Waals surface area contributed by atoms with Crippen LogP contribution in [0, 0.1) is 11.3 Å². The van der Waals surface area contributed by atoms with Gasteiger partial charge in [0, 0.05) is 13.0 Å². The molecule has 2 atom stereocenters. The summed E-state index contributed by atoms with van der Waals surface area (Å²) in [5, 5.41) is 14.6. The Hall–Kier alpha value is -4.15. The van der Waals surface area contributed by atoms with Gasteiger partial charge in [0.1, 0.15) is 11.8 Å². The van der Waals surface area contributed by atoms with E-state index in [1.807, 2.05) is 61.5 Å². The van der Waals surface area contributed by atoms with Gasteiger partial charge in [0.2, 0.25) is 11.8 Å². The van der Waals surface area contributed by atoms with Gasteiger partial charge in [-0.25, -0.2) is 0 Å². The van der Waals surface area contributed by atoms with E-state index in [2.05, 4.69) is 16.7 Å². The smallest absolute Gasteiger partial charge is 0.243 e. The molecular weight excluding hydrogens is 440 g/mol. The first-order valence-corrected chi connectivity index (χ1v) is 11.6. The zero-order valence-electron chi connectivity index (χ0n) is 19.7. The summed E-state index contributed by atoms with van der Waals surface area (Å²) in [6.07, 6.45) is 0.671. The summed E-state index contributed by atoms with van der Waals surface area (Å²) >= 11 is 0. The lowest BCUT2D eigenvalue weighted by molar-refractivity contribution is -0.129. The molecule has 3 aromatic carbocycles. The van der Waals surface area contributed by atoms with Gasteiger partial charge in [0.15, 0.2) is 0 Å². The monoisotopic (exact) mass is 470 g/mol. The second-order valence-corrected chi connectivity index (χ2v) is 8.17. The van der Waals surface area contributed by atoms with E-state index < -0.39 is 18.0 Å². The van der Waals surface area contributed by atoms with Crippen LogP contribution in [0.2, 0.25) is 0 Å². The zero-order valence-corrected chi connectivity index (χ0v) is 19.7. The third-order valence-electron chi connectivity index (χ3n) is 5.49. The van der Waals surface area contributed by atoms with Gasteiger partial charge in [-0.1, -0.05) is 54.6 Å².